The molecule has 182 valence electrons. The summed E-state index contributed by atoms with van der Waals surface area (Å²) in [6.45, 7) is 5.98. The summed E-state index contributed by atoms with van der Waals surface area (Å²) >= 11 is 12.6. The number of urea groups is 1. The standard InChI is InChI=1S/C26H29Cl2N3O2.H2S/c1-5-21-23(28)15-24(29)22(6-2)25(21)30-26(32)31(19-11-13-20(33-4)14-12-19)16(3)17-7-9-18(27)10-8-17;/h7-16H,5-6,29H2,1-4H3,(H,30,32);1H2/t16-;/m0./s1. The Hall–Kier alpha value is -2.54. The van der Waals surface area contributed by atoms with Crippen LogP contribution in [0.25, 0.3) is 0 Å². The van der Waals surface area contributed by atoms with E-state index < -0.39 is 0 Å². The average molecular weight is 521 g/mol. The van der Waals surface area contributed by atoms with Gasteiger partial charge < -0.3 is 15.8 Å². The number of nitrogens with one attached hydrogen (secondary N) is 1. The fourth-order valence-electron chi connectivity index (χ4n) is 3.95. The van der Waals surface area contributed by atoms with E-state index in [1.54, 1.807) is 18.1 Å². The highest BCUT2D eigenvalue weighted by Crippen LogP contribution is 2.36. The number of carbonyl (C=O) groups is 1. The molecule has 34 heavy (non-hydrogen) atoms. The summed E-state index contributed by atoms with van der Waals surface area (Å²) in [6.07, 6.45) is 1.33. The molecule has 0 fully saturated rings. The van der Waals surface area contributed by atoms with Crippen LogP contribution in [0.3, 0.4) is 0 Å². The predicted molar refractivity (Wildman–Crippen MR) is 149 cm³/mol. The van der Waals surface area contributed by atoms with Crippen molar-refractivity contribution in [3.63, 3.8) is 0 Å². The van der Waals surface area contributed by atoms with Gasteiger partial charge in [-0.15, -0.1) is 0 Å². The molecule has 3 aromatic carbocycles. The van der Waals surface area contributed by atoms with Crippen LogP contribution in [0.4, 0.5) is 21.9 Å². The molecule has 0 spiro atoms. The van der Waals surface area contributed by atoms with E-state index in [9.17, 15) is 4.79 Å². The van der Waals surface area contributed by atoms with Gasteiger partial charge in [0.05, 0.1) is 18.8 Å². The molecule has 3 rings (SSSR count). The van der Waals surface area contributed by atoms with Gasteiger partial charge in [-0.1, -0.05) is 49.2 Å². The fourth-order valence-corrected chi connectivity index (χ4v) is 4.42. The highest BCUT2D eigenvalue weighted by Gasteiger charge is 2.26. The molecule has 0 aromatic heterocycles. The molecule has 3 N–H and O–H groups in total. The molecule has 0 bridgehead atoms. The molecule has 1 atom stereocenters. The molecule has 5 nitrogen and oxygen atoms in total. The number of ether oxygens (including phenoxy) is 1. The molecule has 0 aliphatic heterocycles. The van der Waals surface area contributed by atoms with Crippen LogP contribution in [-0.4, -0.2) is 13.1 Å². The van der Waals surface area contributed by atoms with E-state index in [1.165, 1.54) is 0 Å². The SMILES string of the molecule is CCc1c(N)cc(Cl)c(CC)c1NC(=O)N(c1ccc(OC)cc1)[C@@H](C)c1ccc(Cl)cc1.S. The largest absolute Gasteiger partial charge is 0.497 e. The van der Waals surface area contributed by atoms with E-state index in [4.69, 9.17) is 33.7 Å². The van der Waals surface area contributed by atoms with Crippen LogP contribution in [0.5, 0.6) is 5.75 Å². The Balaban J connectivity index is 0.00000408. The first-order valence-electron chi connectivity index (χ1n) is 10.9. The minimum Gasteiger partial charge on any atom is -0.497 e. The van der Waals surface area contributed by atoms with E-state index in [2.05, 4.69) is 5.32 Å². The first-order valence-corrected chi connectivity index (χ1v) is 11.7. The van der Waals surface area contributed by atoms with Crippen LogP contribution in [0, 0.1) is 0 Å². The second-order valence-electron chi connectivity index (χ2n) is 7.71. The number of rotatable bonds is 7. The zero-order chi connectivity index (χ0) is 24.1. The number of nitrogens with zero attached hydrogens (tertiary/aromatic N) is 1. The van der Waals surface area contributed by atoms with Crippen molar-refractivity contribution >= 4 is 59.8 Å². The maximum atomic E-state index is 13.8. The molecule has 2 amide bonds. The average Bonchev–Trinajstić information content (AvgIpc) is 2.80. The number of methoxy groups -OCH3 is 1. The van der Waals surface area contributed by atoms with E-state index in [0.29, 0.717) is 40.0 Å². The maximum Gasteiger partial charge on any atom is 0.326 e. The van der Waals surface area contributed by atoms with Gasteiger partial charge in [0.2, 0.25) is 0 Å². The monoisotopic (exact) mass is 519 g/mol. The lowest BCUT2D eigenvalue weighted by Crippen LogP contribution is -2.37. The summed E-state index contributed by atoms with van der Waals surface area (Å²) in [6, 6.07) is 16.1. The van der Waals surface area contributed by atoms with E-state index >= 15 is 0 Å². The van der Waals surface area contributed by atoms with E-state index in [-0.39, 0.29) is 25.6 Å². The summed E-state index contributed by atoms with van der Waals surface area (Å²) in [5, 5.41) is 4.30. The van der Waals surface area contributed by atoms with Crippen molar-refractivity contribution in [2.45, 2.75) is 39.7 Å². The minimum atomic E-state index is -0.284. The summed E-state index contributed by atoms with van der Waals surface area (Å²) < 4.78 is 5.29. The van der Waals surface area contributed by atoms with Gasteiger partial charge in [0, 0.05) is 21.4 Å². The van der Waals surface area contributed by atoms with Crippen molar-refractivity contribution in [3.05, 3.63) is 81.3 Å². The third-order valence-corrected chi connectivity index (χ3v) is 6.36. The fraction of sp³-hybridized carbons (Fsp3) is 0.269. The van der Waals surface area contributed by atoms with Crippen molar-refractivity contribution < 1.29 is 9.53 Å². The number of amides is 2. The second-order valence-corrected chi connectivity index (χ2v) is 8.56. The topological polar surface area (TPSA) is 67.6 Å². The molecule has 0 radical (unpaired) electrons. The molecule has 0 aliphatic carbocycles. The third-order valence-electron chi connectivity index (χ3n) is 5.77. The van der Waals surface area contributed by atoms with Crippen LogP contribution >= 0.6 is 36.7 Å². The molecule has 0 saturated carbocycles. The van der Waals surface area contributed by atoms with Gasteiger partial charge in [-0.3, -0.25) is 4.90 Å². The summed E-state index contributed by atoms with van der Waals surface area (Å²) in [5.41, 5.74) is 10.9. The minimum absolute atomic E-state index is 0. The zero-order valence-corrected chi connectivity index (χ0v) is 22.3. The molecule has 0 saturated heterocycles. The number of carbonyl (C=O) groups excluding carboxylic acids is 1. The van der Waals surface area contributed by atoms with Gasteiger partial charge in [0.25, 0.3) is 0 Å². The van der Waals surface area contributed by atoms with E-state index in [1.807, 2.05) is 69.3 Å². The Morgan fingerprint density at radius 2 is 1.62 bits per heavy atom. The number of anilines is 3. The second kappa shape index (κ2) is 12.2. The Labute approximate surface area is 218 Å². The van der Waals surface area contributed by atoms with Gasteiger partial charge in [-0.05, 0) is 78.9 Å². The lowest BCUT2D eigenvalue weighted by atomic mass is 10.0. The van der Waals surface area contributed by atoms with Crippen LogP contribution in [0.15, 0.2) is 54.6 Å². The number of hydrogen-bond donors (Lipinski definition) is 2. The van der Waals surface area contributed by atoms with Crippen molar-refractivity contribution in [2.24, 2.45) is 0 Å². The molecular weight excluding hydrogens is 489 g/mol. The number of nitrogen functional groups attached to an aromatic ring is 1. The maximum absolute atomic E-state index is 13.8. The smallest absolute Gasteiger partial charge is 0.326 e. The van der Waals surface area contributed by atoms with Crippen molar-refractivity contribution in [1.29, 1.82) is 0 Å². The van der Waals surface area contributed by atoms with Crippen molar-refractivity contribution in [3.8, 4) is 5.75 Å². The van der Waals surface area contributed by atoms with Crippen LogP contribution < -0.4 is 20.7 Å². The van der Waals surface area contributed by atoms with Gasteiger partial charge in [-0.2, -0.15) is 13.5 Å². The summed E-state index contributed by atoms with van der Waals surface area (Å²) in [5.74, 6) is 0.711. The lowest BCUT2D eigenvalue weighted by molar-refractivity contribution is 0.255. The molecule has 0 heterocycles. The molecule has 0 aliphatic rings. The van der Waals surface area contributed by atoms with Crippen LogP contribution in [-0.2, 0) is 12.8 Å². The quantitative estimate of drug-likeness (QED) is 0.315. The number of benzene rings is 3. The molecular formula is C26H31Cl2N3O2S. The molecule has 3 aromatic rings. The van der Waals surface area contributed by atoms with Crippen molar-refractivity contribution in [2.75, 3.05) is 23.1 Å². The van der Waals surface area contributed by atoms with E-state index in [0.717, 1.165) is 22.4 Å². The Bertz CT molecular complexity index is 1090. The van der Waals surface area contributed by atoms with Gasteiger partial charge in [0.15, 0.2) is 0 Å². The van der Waals surface area contributed by atoms with Crippen LogP contribution in [0.1, 0.15) is 43.5 Å². The Kier molecular flexibility index (Phi) is 9.98. The number of hydrogen-bond acceptors (Lipinski definition) is 3. The Morgan fingerprint density at radius 1 is 1.03 bits per heavy atom. The van der Waals surface area contributed by atoms with Gasteiger partial charge in [-0.25, -0.2) is 4.79 Å². The lowest BCUT2D eigenvalue weighted by Gasteiger charge is -2.31. The highest BCUT2D eigenvalue weighted by molar-refractivity contribution is 7.59. The third kappa shape index (κ3) is 5.93. The first-order chi connectivity index (χ1) is 15.8. The summed E-state index contributed by atoms with van der Waals surface area (Å²) in [4.78, 5) is 15.5. The Morgan fingerprint density at radius 3 is 2.15 bits per heavy atom. The van der Waals surface area contributed by atoms with Crippen LogP contribution in [0.2, 0.25) is 10.0 Å². The molecule has 8 heteroatoms. The first kappa shape index (κ1) is 27.7. The normalized spacial score (nSPS) is 11.4. The number of nitrogens with two attached hydrogens (primary N) is 1. The molecule has 0 unspecified atom stereocenters. The van der Waals surface area contributed by atoms with Gasteiger partial charge >= 0.3 is 6.03 Å². The number of halogens is 2. The highest BCUT2D eigenvalue weighted by atomic mass is 35.5. The summed E-state index contributed by atoms with van der Waals surface area (Å²) in [7, 11) is 1.61. The van der Waals surface area contributed by atoms with Gasteiger partial charge in [0.1, 0.15) is 5.75 Å². The van der Waals surface area contributed by atoms with Crippen molar-refractivity contribution in [1.82, 2.24) is 0 Å². The predicted octanol–water partition coefficient (Wildman–Crippen LogP) is 7.62. The zero-order valence-electron chi connectivity index (χ0n) is 19.8.